The first-order valence-corrected chi connectivity index (χ1v) is 5.69. The third kappa shape index (κ3) is 2.42. The summed E-state index contributed by atoms with van der Waals surface area (Å²) in [5.41, 5.74) is 1.54. The molecule has 0 radical (unpaired) electrons. The summed E-state index contributed by atoms with van der Waals surface area (Å²) in [5, 5.41) is 5.61. The Kier molecular flexibility index (Phi) is 2.81. The summed E-state index contributed by atoms with van der Waals surface area (Å²) in [6, 6.07) is 4.98. The summed E-state index contributed by atoms with van der Waals surface area (Å²) in [6.45, 7) is 3.32. The molecule has 1 nitrogen and oxygen atoms in total. The van der Waals surface area contributed by atoms with Crippen LogP contribution >= 0.6 is 11.3 Å². The number of rotatable bonds is 1. The Balaban J connectivity index is 2.02. The van der Waals surface area contributed by atoms with Crippen LogP contribution in [0.25, 0.3) is 6.08 Å². The fraction of sp³-hybridized carbons (Fsp3) is 0.455. The van der Waals surface area contributed by atoms with Crippen molar-refractivity contribution in [3.8, 4) is 0 Å². The van der Waals surface area contributed by atoms with Crippen molar-refractivity contribution in [2.45, 2.75) is 25.8 Å². The lowest BCUT2D eigenvalue weighted by Crippen LogP contribution is -2.32. The zero-order chi connectivity index (χ0) is 9.10. The van der Waals surface area contributed by atoms with Crippen molar-refractivity contribution in [2.75, 3.05) is 6.54 Å². The van der Waals surface area contributed by atoms with Gasteiger partial charge in [-0.15, -0.1) is 11.3 Å². The van der Waals surface area contributed by atoms with Crippen molar-refractivity contribution in [1.29, 1.82) is 0 Å². The van der Waals surface area contributed by atoms with Crippen LogP contribution in [0.5, 0.6) is 0 Å². The quantitative estimate of drug-likeness (QED) is 0.723. The summed E-state index contributed by atoms with van der Waals surface area (Å²) in [6.07, 6.45) is 4.85. The molecule has 70 valence electrons. The summed E-state index contributed by atoms with van der Waals surface area (Å²) >= 11 is 1.81. The molecule has 0 saturated carbocycles. The highest BCUT2D eigenvalue weighted by molar-refractivity contribution is 7.10. The first-order chi connectivity index (χ1) is 6.34. The highest BCUT2D eigenvalue weighted by atomic mass is 32.1. The van der Waals surface area contributed by atoms with Gasteiger partial charge >= 0.3 is 0 Å². The molecule has 1 aliphatic heterocycles. The highest BCUT2D eigenvalue weighted by Gasteiger charge is 2.10. The molecule has 0 aromatic carbocycles. The Bertz CT molecular complexity index is 277. The molecular weight excluding hydrogens is 178 g/mol. The molecular formula is C11H15NS. The van der Waals surface area contributed by atoms with E-state index in [1.807, 2.05) is 11.3 Å². The maximum atomic E-state index is 3.48. The zero-order valence-electron chi connectivity index (χ0n) is 7.92. The largest absolute Gasteiger partial charge is 0.311 e. The summed E-state index contributed by atoms with van der Waals surface area (Å²) in [4.78, 5) is 1.38. The minimum absolute atomic E-state index is 0.695. The van der Waals surface area contributed by atoms with E-state index in [2.05, 4.69) is 35.8 Å². The Morgan fingerprint density at radius 2 is 2.54 bits per heavy atom. The van der Waals surface area contributed by atoms with E-state index in [0.717, 1.165) is 6.54 Å². The number of nitrogens with one attached hydrogen (secondary N) is 1. The molecule has 2 heteroatoms. The molecule has 2 rings (SSSR count). The van der Waals surface area contributed by atoms with Crippen molar-refractivity contribution in [1.82, 2.24) is 5.32 Å². The fourth-order valence-corrected chi connectivity index (χ4v) is 2.30. The zero-order valence-corrected chi connectivity index (χ0v) is 8.73. The van der Waals surface area contributed by atoms with Gasteiger partial charge in [0.15, 0.2) is 0 Å². The lowest BCUT2D eigenvalue weighted by molar-refractivity contribution is 0.488. The Morgan fingerprint density at radius 3 is 3.15 bits per heavy atom. The van der Waals surface area contributed by atoms with E-state index in [9.17, 15) is 0 Å². The van der Waals surface area contributed by atoms with Gasteiger partial charge in [0.2, 0.25) is 0 Å². The summed E-state index contributed by atoms with van der Waals surface area (Å²) < 4.78 is 0. The van der Waals surface area contributed by atoms with Crippen LogP contribution in [-0.4, -0.2) is 12.6 Å². The molecule has 1 N–H and O–H groups in total. The van der Waals surface area contributed by atoms with E-state index in [1.54, 1.807) is 5.57 Å². The first kappa shape index (κ1) is 8.97. The Hall–Kier alpha value is -0.600. The molecule has 1 atom stereocenters. The van der Waals surface area contributed by atoms with Crippen molar-refractivity contribution >= 4 is 17.4 Å². The van der Waals surface area contributed by atoms with E-state index in [1.165, 1.54) is 17.7 Å². The fourth-order valence-electron chi connectivity index (χ4n) is 1.60. The maximum Gasteiger partial charge on any atom is 0.0270 e. The molecule has 1 aromatic rings. The molecule has 2 heterocycles. The molecule has 1 unspecified atom stereocenters. The molecule has 1 fully saturated rings. The van der Waals surface area contributed by atoms with Gasteiger partial charge in [0.1, 0.15) is 0 Å². The number of thiophene rings is 1. The SMILES string of the molecule is CC1CC/C(=C/c2cccs2)CN1. The monoisotopic (exact) mass is 193 g/mol. The number of hydrogen-bond acceptors (Lipinski definition) is 2. The smallest absolute Gasteiger partial charge is 0.0270 e. The molecule has 1 saturated heterocycles. The van der Waals surface area contributed by atoms with Crippen molar-refractivity contribution in [3.63, 3.8) is 0 Å². The molecule has 1 aliphatic rings. The number of hydrogen-bond donors (Lipinski definition) is 1. The lowest BCUT2D eigenvalue weighted by atomic mass is 10.0. The minimum atomic E-state index is 0.695. The van der Waals surface area contributed by atoms with Gasteiger partial charge in [-0.05, 0) is 37.3 Å². The van der Waals surface area contributed by atoms with Crippen LogP contribution in [-0.2, 0) is 0 Å². The highest BCUT2D eigenvalue weighted by Crippen LogP contribution is 2.19. The molecule has 0 spiro atoms. The third-order valence-corrected chi connectivity index (χ3v) is 3.28. The normalized spacial score (nSPS) is 26.5. The van der Waals surface area contributed by atoms with Gasteiger partial charge in [0.05, 0.1) is 0 Å². The predicted molar refractivity (Wildman–Crippen MR) is 59.0 cm³/mol. The Labute approximate surface area is 83.5 Å². The van der Waals surface area contributed by atoms with Gasteiger partial charge < -0.3 is 5.32 Å². The van der Waals surface area contributed by atoms with Crippen LogP contribution in [0.2, 0.25) is 0 Å². The molecule has 13 heavy (non-hydrogen) atoms. The van der Waals surface area contributed by atoms with Gasteiger partial charge in [-0.2, -0.15) is 0 Å². The molecule has 0 aliphatic carbocycles. The lowest BCUT2D eigenvalue weighted by Gasteiger charge is -2.21. The van der Waals surface area contributed by atoms with Crippen molar-refractivity contribution in [2.24, 2.45) is 0 Å². The Morgan fingerprint density at radius 1 is 1.62 bits per heavy atom. The second kappa shape index (κ2) is 4.07. The third-order valence-electron chi connectivity index (χ3n) is 2.47. The van der Waals surface area contributed by atoms with Crippen LogP contribution < -0.4 is 5.32 Å². The first-order valence-electron chi connectivity index (χ1n) is 4.81. The van der Waals surface area contributed by atoms with Gasteiger partial charge in [-0.25, -0.2) is 0 Å². The molecule has 0 amide bonds. The maximum absolute atomic E-state index is 3.48. The van der Waals surface area contributed by atoms with E-state index >= 15 is 0 Å². The van der Waals surface area contributed by atoms with Crippen LogP contribution in [0.3, 0.4) is 0 Å². The summed E-state index contributed by atoms with van der Waals surface area (Å²) in [7, 11) is 0. The predicted octanol–water partition coefficient (Wildman–Crippen LogP) is 2.90. The van der Waals surface area contributed by atoms with Gasteiger partial charge in [0.25, 0.3) is 0 Å². The van der Waals surface area contributed by atoms with Gasteiger partial charge in [0, 0.05) is 17.5 Å². The van der Waals surface area contributed by atoms with Crippen LogP contribution in [0, 0.1) is 0 Å². The van der Waals surface area contributed by atoms with E-state index < -0.39 is 0 Å². The van der Waals surface area contributed by atoms with Crippen LogP contribution in [0.15, 0.2) is 23.1 Å². The average Bonchev–Trinajstić information content (AvgIpc) is 2.62. The second-order valence-electron chi connectivity index (χ2n) is 3.64. The van der Waals surface area contributed by atoms with E-state index in [-0.39, 0.29) is 0 Å². The summed E-state index contributed by atoms with van der Waals surface area (Å²) in [5.74, 6) is 0. The second-order valence-corrected chi connectivity index (χ2v) is 4.62. The standard InChI is InChI=1S/C11H15NS/c1-9-4-5-10(8-12-9)7-11-3-2-6-13-11/h2-3,6-7,9,12H,4-5,8H2,1H3/b10-7-. The van der Waals surface area contributed by atoms with Crippen molar-refractivity contribution in [3.05, 3.63) is 28.0 Å². The van der Waals surface area contributed by atoms with E-state index in [0.29, 0.717) is 6.04 Å². The van der Waals surface area contributed by atoms with Gasteiger partial charge in [-0.3, -0.25) is 0 Å². The van der Waals surface area contributed by atoms with E-state index in [4.69, 9.17) is 0 Å². The molecule has 1 aromatic heterocycles. The number of piperidine rings is 1. The van der Waals surface area contributed by atoms with Crippen LogP contribution in [0.4, 0.5) is 0 Å². The average molecular weight is 193 g/mol. The van der Waals surface area contributed by atoms with Crippen LogP contribution in [0.1, 0.15) is 24.6 Å². The minimum Gasteiger partial charge on any atom is -0.311 e. The van der Waals surface area contributed by atoms with Gasteiger partial charge in [-0.1, -0.05) is 11.6 Å². The topological polar surface area (TPSA) is 12.0 Å². The molecule has 0 bridgehead atoms. The van der Waals surface area contributed by atoms with Crippen molar-refractivity contribution < 1.29 is 0 Å².